The highest BCUT2D eigenvalue weighted by molar-refractivity contribution is 7.89. The molecule has 6 nitrogen and oxygen atoms in total. The SMILES string of the molecule is CNS(=O)(=O)c1ccc2c(c1)CN(S(=O)(=O)c1ccc(F)c(C)c1)CC2. The number of halogens is 1. The van der Waals surface area contributed by atoms with E-state index in [1.165, 1.54) is 42.5 Å². The molecular formula is C17H19FN2O4S2. The first kappa shape index (κ1) is 19.0. The van der Waals surface area contributed by atoms with Gasteiger partial charge in [-0.3, -0.25) is 0 Å². The standard InChI is InChI=1S/C17H19FN2O4S2/c1-12-9-16(5-6-17(12)18)26(23,24)20-8-7-13-3-4-15(10-14(13)11-20)25(21,22)19-2/h3-6,9-10,19H,7-8,11H2,1-2H3. The Balaban J connectivity index is 1.96. The van der Waals surface area contributed by atoms with Crippen LogP contribution >= 0.6 is 0 Å². The summed E-state index contributed by atoms with van der Waals surface area (Å²) in [6.45, 7) is 1.86. The molecule has 0 aliphatic carbocycles. The van der Waals surface area contributed by atoms with Crippen LogP contribution in [0.25, 0.3) is 0 Å². The van der Waals surface area contributed by atoms with Gasteiger partial charge in [-0.1, -0.05) is 6.07 Å². The number of nitrogens with zero attached hydrogens (tertiary/aromatic N) is 1. The molecule has 1 N–H and O–H groups in total. The molecule has 26 heavy (non-hydrogen) atoms. The molecule has 1 aliphatic rings. The lowest BCUT2D eigenvalue weighted by Crippen LogP contribution is -2.36. The van der Waals surface area contributed by atoms with Crippen molar-refractivity contribution in [3.8, 4) is 0 Å². The Bertz CT molecular complexity index is 1070. The average Bonchev–Trinajstić information content (AvgIpc) is 2.62. The van der Waals surface area contributed by atoms with E-state index in [0.29, 0.717) is 12.0 Å². The molecule has 0 radical (unpaired) electrons. The number of benzene rings is 2. The summed E-state index contributed by atoms with van der Waals surface area (Å²) in [5.74, 6) is -0.463. The van der Waals surface area contributed by atoms with Crippen molar-refractivity contribution in [3.05, 3.63) is 58.9 Å². The second-order valence-corrected chi connectivity index (χ2v) is 9.96. The van der Waals surface area contributed by atoms with Crippen LogP contribution in [0.1, 0.15) is 16.7 Å². The topological polar surface area (TPSA) is 83.6 Å². The summed E-state index contributed by atoms with van der Waals surface area (Å²) >= 11 is 0. The first-order chi connectivity index (χ1) is 12.1. The molecule has 0 aromatic heterocycles. The Hall–Kier alpha value is -1.81. The van der Waals surface area contributed by atoms with Crippen molar-refractivity contribution in [2.45, 2.75) is 29.7 Å². The van der Waals surface area contributed by atoms with Crippen LogP contribution < -0.4 is 4.72 Å². The van der Waals surface area contributed by atoms with E-state index in [9.17, 15) is 21.2 Å². The van der Waals surface area contributed by atoms with E-state index in [2.05, 4.69) is 4.72 Å². The summed E-state index contributed by atoms with van der Waals surface area (Å²) in [5.41, 5.74) is 1.82. The zero-order valence-corrected chi connectivity index (χ0v) is 16.0. The van der Waals surface area contributed by atoms with Gasteiger partial charge in [-0.15, -0.1) is 0 Å². The largest absolute Gasteiger partial charge is 0.243 e. The van der Waals surface area contributed by atoms with Gasteiger partial charge >= 0.3 is 0 Å². The third-order valence-corrected chi connectivity index (χ3v) is 7.75. The molecule has 2 aromatic carbocycles. The monoisotopic (exact) mass is 398 g/mol. The third-order valence-electron chi connectivity index (χ3n) is 4.50. The van der Waals surface area contributed by atoms with Crippen LogP contribution in [-0.2, 0) is 33.0 Å². The molecule has 1 aliphatic heterocycles. The van der Waals surface area contributed by atoms with Gasteiger partial charge in [-0.05, 0) is 67.4 Å². The number of fused-ring (bicyclic) bond motifs is 1. The van der Waals surface area contributed by atoms with Gasteiger partial charge in [0.2, 0.25) is 20.0 Å². The maximum Gasteiger partial charge on any atom is 0.243 e. The van der Waals surface area contributed by atoms with Crippen molar-refractivity contribution in [3.63, 3.8) is 0 Å². The normalized spacial score (nSPS) is 15.7. The third kappa shape index (κ3) is 3.39. The zero-order valence-electron chi connectivity index (χ0n) is 14.4. The van der Waals surface area contributed by atoms with Gasteiger partial charge in [-0.2, -0.15) is 4.31 Å². The summed E-state index contributed by atoms with van der Waals surface area (Å²) in [6, 6.07) is 8.41. The highest BCUT2D eigenvalue weighted by atomic mass is 32.2. The zero-order chi connectivity index (χ0) is 19.1. The van der Waals surface area contributed by atoms with Crippen molar-refractivity contribution in [1.29, 1.82) is 0 Å². The van der Waals surface area contributed by atoms with Crippen LogP contribution in [0.3, 0.4) is 0 Å². The molecule has 0 amide bonds. The molecule has 0 spiro atoms. The Labute approximate surface area is 152 Å². The molecule has 0 bridgehead atoms. The Kier molecular flexibility index (Phi) is 4.91. The van der Waals surface area contributed by atoms with Gasteiger partial charge in [0.1, 0.15) is 5.82 Å². The van der Waals surface area contributed by atoms with Gasteiger partial charge in [-0.25, -0.2) is 25.9 Å². The van der Waals surface area contributed by atoms with E-state index in [0.717, 1.165) is 11.6 Å². The second-order valence-electron chi connectivity index (χ2n) is 6.14. The Morgan fingerprint density at radius 3 is 2.35 bits per heavy atom. The van der Waals surface area contributed by atoms with Crippen molar-refractivity contribution < 1.29 is 21.2 Å². The fourth-order valence-electron chi connectivity index (χ4n) is 2.92. The fraction of sp³-hybridized carbons (Fsp3) is 0.294. The molecule has 1 heterocycles. The summed E-state index contributed by atoms with van der Waals surface area (Å²) in [6.07, 6.45) is 0.481. The minimum Gasteiger partial charge on any atom is -0.214 e. The van der Waals surface area contributed by atoms with Gasteiger partial charge < -0.3 is 0 Å². The highest BCUT2D eigenvalue weighted by Crippen LogP contribution is 2.27. The minimum atomic E-state index is -3.80. The molecule has 2 aromatic rings. The van der Waals surface area contributed by atoms with Gasteiger partial charge in [0.05, 0.1) is 9.79 Å². The smallest absolute Gasteiger partial charge is 0.214 e. The lowest BCUT2D eigenvalue weighted by molar-refractivity contribution is 0.390. The van der Waals surface area contributed by atoms with E-state index in [4.69, 9.17) is 0 Å². The van der Waals surface area contributed by atoms with Gasteiger partial charge in [0, 0.05) is 13.1 Å². The summed E-state index contributed by atoms with van der Waals surface area (Å²) < 4.78 is 66.7. The maximum atomic E-state index is 13.4. The Morgan fingerprint density at radius 1 is 1.00 bits per heavy atom. The molecule has 0 saturated carbocycles. The number of sulfonamides is 2. The van der Waals surface area contributed by atoms with E-state index in [1.54, 1.807) is 6.07 Å². The van der Waals surface area contributed by atoms with E-state index >= 15 is 0 Å². The summed E-state index contributed by atoms with van der Waals surface area (Å²) in [7, 11) is -6.08. The van der Waals surface area contributed by atoms with E-state index in [1.807, 2.05) is 0 Å². The van der Waals surface area contributed by atoms with Gasteiger partial charge in [0.25, 0.3) is 0 Å². The quantitative estimate of drug-likeness (QED) is 0.851. The lowest BCUT2D eigenvalue weighted by atomic mass is 10.0. The summed E-state index contributed by atoms with van der Waals surface area (Å²) in [5, 5.41) is 0. The van der Waals surface area contributed by atoms with Crippen LogP contribution in [0.2, 0.25) is 0 Å². The number of aryl methyl sites for hydroxylation is 1. The van der Waals surface area contributed by atoms with Crippen molar-refractivity contribution >= 4 is 20.0 Å². The Morgan fingerprint density at radius 2 is 1.69 bits per heavy atom. The second kappa shape index (κ2) is 6.73. The van der Waals surface area contributed by atoms with Crippen molar-refractivity contribution in [1.82, 2.24) is 9.03 Å². The summed E-state index contributed by atoms with van der Waals surface area (Å²) in [4.78, 5) is 0.120. The average molecular weight is 398 g/mol. The predicted octanol–water partition coefficient (Wildman–Crippen LogP) is 1.79. The molecule has 3 rings (SSSR count). The van der Waals surface area contributed by atoms with Crippen LogP contribution in [0, 0.1) is 12.7 Å². The van der Waals surface area contributed by atoms with Crippen LogP contribution in [0.15, 0.2) is 46.2 Å². The minimum absolute atomic E-state index is 0.0267. The van der Waals surface area contributed by atoms with Crippen molar-refractivity contribution in [2.75, 3.05) is 13.6 Å². The first-order valence-electron chi connectivity index (χ1n) is 7.97. The number of nitrogens with one attached hydrogen (secondary N) is 1. The maximum absolute atomic E-state index is 13.4. The van der Waals surface area contributed by atoms with Crippen LogP contribution in [0.4, 0.5) is 4.39 Å². The molecular weight excluding hydrogens is 379 g/mol. The molecule has 140 valence electrons. The highest BCUT2D eigenvalue weighted by Gasteiger charge is 2.29. The molecule has 0 fully saturated rings. The number of hydrogen-bond donors (Lipinski definition) is 1. The molecule has 0 unspecified atom stereocenters. The molecule has 9 heteroatoms. The van der Waals surface area contributed by atoms with Crippen LogP contribution in [-0.4, -0.2) is 34.7 Å². The van der Waals surface area contributed by atoms with Gasteiger partial charge in [0.15, 0.2) is 0 Å². The predicted molar refractivity (Wildman–Crippen MR) is 95.1 cm³/mol. The first-order valence-corrected chi connectivity index (χ1v) is 10.9. The van der Waals surface area contributed by atoms with E-state index in [-0.39, 0.29) is 28.4 Å². The number of rotatable bonds is 4. The number of hydrogen-bond acceptors (Lipinski definition) is 4. The molecule has 0 saturated heterocycles. The lowest BCUT2D eigenvalue weighted by Gasteiger charge is -2.28. The van der Waals surface area contributed by atoms with E-state index < -0.39 is 25.9 Å². The van der Waals surface area contributed by atoms with Crippen LogP contribution in [0.5, 0.6) is 0 Å². The fourth-order valence-corrected chi connectivity index (χ4v) is 5.21. The molecule has 0 atom stereocenters. The van der Waals surface area contributed by atoms with Crippen molar-refractivity contribution in [2.24, 2.45) is 0 Å².